The maximum atomic E-state index is 13.0. The average molecular weight is 367 g/mol. The van der Waals surface area contributed by atoms with Crippen molar-refractivity contribution in [3.05, 3.63) is 30.1 Å². The summed E-state index contributed by atoms with van der Waals surface area (Å²) in [5.41, 5.74) is 0.299. The third-order valence-electron chi connectivity index (χ3n) is 4.71. The van der Waals surface area contributed by atoms with E-state index in [0.717, 1.165) is 45.7 Å². The predicted octanol–water partition coefficient (Wildman–Crippen LogP) is 3.09. The lowest BCUT2D eigenvalue weighted by Crippen LogP contribution is -2.46. The summed E-state index contributed by atoms with van der Waals surface area (Å²) >= 11 is 0. The van der Waals surface area contributed by atoms with Crippen molar-refractivity contribution in [1.82, 2.24) is 19.8 Å². The Bertz CT molecular complexity index is 726. The van der Waals surface area contributed by atoms with Crippen LogP contribution in [0.4, 0.5) is 19.0 Å². The van der Waals surface area contributed by atoms with E-state index in [1.54, 1.807) is 24.3 Å². The molecule has 0 saturated carbocycles. The first-order chi connectivity index (χ1) is 12.5. The van der Waals surface area contributed by atoms with Gasteiger partial charge < -0.3 is 15.1 Å². The summed E-state index contributed by atoms with van der Waals surface area (Å²) in [5.74, 6) is -0.854. The van der Waals surface area contributed by atoms with Crippen LogP contribution in [-0.4, -0.2) is 65.6 Å². The van der Waals surface area contributed by atoms with Crippen LogP contribution in [0.3, 0.4) is 0 Å². The summed E-state index contributed by atoms with van der Waals surface area (Å²) in [7, 11) is 0. The topological polar surface area (TPSA) is 44.3 Å². The fraction of sp³-hybridized carbons (Fsp3) is 0.556. The van der Waals surface area contributed by atoms with Gasteiger partial charge in [-0.05, 0) is 31.6 Å². The van der Waals surface area contributed by atoms with Crippen molar-refractivity contribution < 1.29 is 13.2 Å². The van der Waals surface area contributed by atoms with E-state index in [0.29, 0.717) is 17.4 Å². The lowest BCUT2D eigenvalue weighted by molar-refractivity contribution is -0.144. The number of fused-ring (bicyclic) bond motifs is 1. The van der Waals surface area contributed by atoms with Crippen LogP contribution < -0.4 is 5.32 Å². The summed E-state index contributed by atoms with van der Waals surface area (Å²) in [4.78, 5) is 12.2. The van der Waals surface area contributed by atoms with Gasteiger partial charge in [-0.1, -0.05) is 19.1 Å². The number of likely N-dealkylation sites (N-methyl/N-ethyl adjacent to an activating group) is 1. The van der Waals surface area contributed by atoms with Crippen molar-refractivity contribution in [2.75, 3.05) is 51.1 Å². The van der Waals surface area contributed by atoms with Crippen molar-refractivity contribution in [1.29, 1.82) is 0 Å². The van der Waals surface area contributed by atoms with Crippen LogP contribution >= 0.6 is 0 Å². The molecule has 1 aromatic heterocycles. The van der Waals surface area contributed by atoms with Crippen molar-refractivity contribution in [2.24, 2.45) is 0 Å². The molecular formula is C18H24F3N5. The van der Waals surface area contributed by atoms with Crippen LogP contribution in [0.15, 0.2) is 24.3 Å². The molecule has 2 heterocycles. The highest BCUT2D eigenvalue weighted by Crippen LogP contribution is 2.30. The van der Waals surface area contributed by atoms with Gasteiger partial charge in [0.1, 0.15) is 5.82 Å². The first kappa shape index (κ1) is 18.8. The molecule has 1 aliphatic heterocycles. The minimum Gasteiger partial charge on any atom is -0.369 e. The monoisotopic (exact) mass is 367 g/mol. The molecule has 0 amide bonds. The van der Waals surface area contributed by atoms with Gasteiger partial charge in [0.25, 0.3) is 0 Å². The van der Waals surface area contributed by atoms with Crippen LogP contribution in [0, 0.1) is 0 Å². The van der Waals surface area contributed by atoms with Gasteiger partial charge in [0.2, 0.25) is 5.82 Å². The number of halogens is 3. The zero-order chi connectivity index (χ0) is 18.6. The largest absolute Gasteiger partial charge is 0.451 e. The van der Waals surface area contributed by atoms with E-state index in [4.69, 9.17) is 0 Å². The number of para-hydroxylation sites is 1. The molecule has 0 radical (unpaired) electrons. The molecule has 0 spiro atoms. The second-order valence-electron chi connectivity index (χ2n) is 6.47. The zero-order valence-corrected chi connectivity index (χ0v) is 14.9. The van der Waals surface area contributed by atoms with E-state index in [2.05, 4.69) is 32.0 Å². The summed E-state index contributed by atoms with van der Waals surface area (Å²) in [6, 6.07) is 6.76. The molecule has 1 aromatic carbocycles. The maximum Gasteiger partial charge on any atom is 0.451 e. The Hall–Kier alpha value is -1.93. The first-order valence-electron chi connectivity index (χ1n) is 9.00. The number of nitrogens with one attached hydrogen (secondary N) is 1. The molecule has 0 aliphatic carbocycles. The number of nitrogens with zero attached hydrogens (tertiary/aromatic N) is 4. The number of hydrogen-bond donors (Lipinski definition) is 1. The molecule has 1 saturated heterocycles. The average Bonchev–Trinajstić information content (AvgIpc) is 2.64. The zero-order valence-electron chi connectivity index (χ0n) is 14.9. The quantitative estimate of drug-likeness (QED) is 0.795. The molecular weight excluding hydrogens is 343 g/mol. The maximum absolute atomic E-state index is 13.0. The number of anilines is 1. The van der Waals surface area contributed by atoms with Crippen LogP contribution in [0.2, 0.25) is 0 Å². The van der Waals surface area contributed by atoms with Gasteiger partial charge in [-0.3, -0.25) is 0 Å². The summed E-state index contributed by atoms with van der Waals surface area (Å²) < 4.78 is 39.1. The molecule has 5 nitrogen and oxygen atoms in total. The number of alkyl halides is 3. The molecule has 0 bridgehead atoms. The Kier molecular flexibility index (Phi) is 5.93. The minimum absolute atomic E-state index is 0.249. The molecule has 0 atom stereocenters. The summed E-state index contributed by atoms with van der Waals surface area (Å²) in [6.07, 6.45) is -3.70. The molecule has 26 heavy (non-hydrogen) atoms. The van der Waals surface area contributed by atoms with Gasteiger partial charge in [-0.25, -0.2) is 9.97 Å². The lowest BCUT2D eigenvalue weighted by atomic mass is 10.2. The van der Waals surface area contributed by atoms with E-state index in [-0.39, 0.29) is 5.82 Å². The normalized spacial score (nSPS) is 16.9. The van der Waals surface area contributed by atoms with Gasteiger partial charge in [-0.2, -0.15) is 13.2 Å². The highest BCUT2D eigenvalue weighted by Gasteiger charge is 2.35. The van der Waals surface area contributed by atoms with Gasteiger partial charge in [0, 0.05) is 38.1 Å². The highest BCUT2D eigenvalue weighted by atomic mass is 19.4. The van der Waals surface area contributed by atoms with Gasteiger partial charge >= 0.3 is 6.18 Å². The van der Waals surface area contributed by atoms with Crippen molar-refractivity contribution in [2.45, 2.75) is 19.5 Å². The van der Waals surface area contributed by atoms with E-state index < -0.39 is 12.0 Å². The Morgan fingerprint density at radius 3 is 2.42 bits per heavy atom. The number of hydrogen-bond acceptors (Lipinski definition) is 5. The summed E-state index contributed by atoms with van der Waals surface area (Å²) in [6.45, 7) is 9.00. The smallest absolute Gasteiger partial charge is 0.369 e. The standard InChI is InChI=1S/C18H24F3N5/c1-2-25-10-12-26(13-11-25)9-5-8-22-16-14-6-3-4-7-15(14)23-17(24-16)18(19,20)21/h3-4,6-7H,2,5,8-13H2,1H3,(H,22,23,24). The molecule has 0 unspecified atom stereocenters. The molecule has 8 heteroatoms. The Labute approximate surface area is 151 Å². The molecule has 2 aromatic rings. The molecule has 1 fully saturated rings. The fourth-order valence-corrected chi connectivity index (χ4v) is 3.18. The van der Waals surface area contributed by atoms with Crippen LogP contribution in [-0.2, 0) is 6.18 Å². The Morgan fingerprint density at radius 2 is 1.73 bits per heavy atom. The molecule has 142 valence electrons. The number of rotatable bonds is 6. The number of piperazine rings is 1. The van der Waals surface area contributed by atoms with E-state index in [9.17, 15) is 13.2 Å². The summed E-state index contributed by atoms with van der Waals surface area (Å²) in [5, 5.41) is 3.68. The van der Waals surface area contributed by atoms with Crippen LogP contribution in [0.5, 0.6) is 0 Å². The number of aromatic nitrogens is 2. The van der Waals surface area contributed by atoms with E-state index in [1.807, 2.05) is 0 Å². The highest BCUT2D eigenvalue weighted by molar-refractivity contribution is 5.89. The molecule has 1 N–H and O–H groups in total. The Balaban J connectivity index is 1.60. The van der Waals surface area contributed by atoms with Crippen molar-refractivity contribution >= 4 is 16.7 Å². The SMILES string of the molecule is CCN1CCN(CCCNc2nc(C(F)(F)F)nc3ccccc23)CC1. The van der Waals surface area contributed by atoms with Crippen LogP contribution in [0.1, 0.15) is 19.2 Å². The Morgan fingerprint density at radius 1 is 1.04 bits per heavy atom. The van der Waals surface area contributed by atoms with E-state index >= 15 is 0 Å². The van der Waals surface area contributed by atoms with Crippen molar-refractivity contribution in [3.8, 4) is 0 Å². The third kappa shape index (κ3) is 4.62. The van der Waals surface area contributed by atoms with Crippen LogP contribution in [0.25, 0.3) is 10.9 Å². The number of benzene rings is 1. The first-order valence-corrected chi connectivity index (χ1v) is 9.00. The van der Waals surface area contributed by atoms with Crippen molar-refractivity contribution in [3.63, 3.8) is 0 Å². The molecule has 1 aliphatic rings. The second kappa shape index (κ2) is 8.18. The predicted molar refractivity (Wildman–Crippen MR) is 96.2 cm³/mol. The fourth-order valence-electron chi connectivity index (χ4n) is 3.18. The minimum atomic E-state index is -4.56. The second-order valence-corrected chi connectivity index (χ2v) is 6.47. The molecule has 3 rings (SSSR count). The van der Waals surface area contributed by atoms with Gasteiger partial charge in [-0.15, -0.1) is 0 Å². The lowest BCUT2D eigenvalue weighted by Gasteiger charge is -2.34. The van der Waals surface area contributed by atoms with Gasteiger partial charge in [0.15, 0.2) is 0 Å². The van der Waals surface area contributed by atoms with E-state index in [1.165, 1.54) is 0 Å². The third-order valence-corrected chi connectivity index (χ3v) is 4.71. The van der Waals surface area contributed by atoms with Gasteiger partial charge in [0.05, 0.1) is 5.52 Å².